The Bertz CT molecular complexity index is 859. The maximum atomic E-state index is 11.6. The highest BCUT2D eigenvalue weighted by atomic mass is 127. The second-order valence-electron chi connectivity index (χ2n) is 7.06. The van der Waals surface area contributed by atoms with Gasteiger partial charge in [-0.15, -0.1) is 34.2 Å². The fourth-order valence-corrected chi connectivity index (χ4v) is 3.16. The molecule has 0 radical (unpaired) electrons. The topological polar surface area (TPSA) is 87.9 Å². The van der Waals surface area contributed by atoms with E-state index in [9.17, 15) is 4.79 Å². The van der Waals surface area contributed by atoms with Crippen molar-refractivity contribution in [3.63, 3.8) is 0 Å². The summed E-state index contributed by atoms with van der Waals surface area (Å²) in [6.45, 7) is 7.50. The number of halogens is 1. The quantitative estimate of drug-likeness (QED) is 0.361. The summed E-state index contributed by atoms with van der Waals surface area (Å²) >= 11 is 0. The molecule has 2 heterocycles. The van der Waals surface area contributed by atoms with Gasteiger partial charge in [-0.25, -0.2) is 4.99 Å². The van der Waals surface area contributed by atoms with Crippen molar-refractivity contribution in [3.05, 3.63) is 41.5 Å². The molecule has 0 aliphatic carbocycles. The Kier molecular flexibility index (Phi) is 8.88. The molecule has 164 valence electrons. The Hall–Kier alpha value is -2.37. The summed E-state index contributed by atoms with van der Waals surface area (Å²) in [6, 6.07) is 7.90. The second kappa shape index (κ2) is 11.1. The molecule has 1 aromatic carbocycles. The van der Waals surface area contributed by atoms with Crippen molar-refractivity contribution in [3.8, 4) is 5.75 Å². The van der Waals surface area contributed by atoms with Crippen LogP contribution in [0.3, 0.4) is 0 Å². The molecule has 1 aromatic heterocycles. The van der Waals surface area contributed by atoms with Crippen molar-refractivity contribution >= 4 is 35.8 Å². The minimum Gasteiger partial charge on any atom is -0.497 e. The number of carbonyl (C=O) groups excluding carboxylic acids is 1. The van der Waals surface area contributed by atoms with E-state index >= 15 is 0 Å². The number of rotatable bonds is 5. The molecule has 0 atom stereocenters. The Morgan fingerprint density at radius 3 is 2.30 bits per heavy atom. The summed E-state index contributed by atoms with van der Waals surface area (Å²) in [5, 5.41) is 11.7. The van der Waals surface area contributed by atoms with Gasteiger partial charge in [-0.1, -0.05) is 12.1 Å². The molecule has 1 aliphatic heterocycles. The van der Waals surface area contributed by atoms with Crippen LogP contribution in [0.25, 0.3) is 0 Å². The van der Waals surface area contributed by atoms with Crippen LogP contribution >= 0.6 is 24.0 Å². The summed E-state index contributed by atoms with van der Waals surface area (Å²) in [6.07, 6.45) is 0. The van der Waals surface area contributed by atoms with Crippen LogP contribution in [0.1, 0.15) is 24.1 Å². The van der Waals surface area contributed by atoms with Crippen molar-refractivity contribution in [2.45, 2.75) is 26.9 Å². The van der Waals surface area contributed by atoms with Crippen LogP contribution in [0.4, 0.5) is 0 Å². The Morgan fingerprint density at radius 2 is 1.77 bits per heavy atom. The molecule has 1 aliphatic rings. The Morgan fingerprint density at radius 1 is 1.13 bits per heavy atom. The van der Waals surface area contributed by atoms with Crippen molar-refractivity contribution in [2.75, 3.05) is 33.3 Å². The van der Waals surface area contributed by atoms with Gasteiger partial charge < -0.3 is 24.4 Å². The van der Waals surface area contributed by atoms with Gasteiger partial charge in [-0.3, -0.25) is 4.79 Å². The molecule has 10 heteroatoms. The molecule has 1 saturated heterocycles. The van der Waals surface area contributed by atoms with Crippen molar-refractivity contribution in [1.82, 2.24) is 29.9 Å². The smallest absolute Gasteiger partial charge is 0.219 e. The third kappa shape index (κ3) is 6.07. The fraction of sp³-hybridized carbons (Fsp3) is 0.500. The lowest BCUT2D eigenvalue weighted by Gasteiger charge is -2.36. The standard InChI is InChI=1S/C20H29N7O2.HI/c1-15-23-24-19(25(15)3)14-22-20(27-11-9-26(10-12-27)16(2)28)21-13-17-5-7-18(29-4)8-6-17;/h5-8H,9-14H2,1-4H3,(H,21,22);1H. The van der Waals surface area contributed by atoms with Crippen LogP contribution in [0.15, 0.2) is 29.3 Å². The zero-order chi connectivity index (χ0) is 20.8. The van der Waals surface area contributed by atoms with Gasteiger partial charge in [-0.05, 0) is 24.6 Å². The lowest BCUT2D eigenvalue weighted by molar-refractivity contribution is -0.130. The van der Waals surface area contributed by atoms with E-state index in [0.29, 0.717) is 26.2 Å². The van der Waals surface area contributed by atoms with Crippen LogP contribution in [0.2, 0.25) is 0 Å². The molecule has 0 spiro atoms. The summed E-state index contributed by atoms with van der Waals surface area (Å²) in [5.74, 6) is 3.47. The Labute approximate surface area is 194 Å². The number of nitrogens with one attached hydrogen (secondary N) is 1. The zero-order valence-corrected chi connectivity index (χ0v) is 20.3. The van der Waals surface area contributed by atoms with Gasteiger partial charge in [0.25, 0.3) is 0 Å². The molecule has 1 fully saturated rings. The molecule has 3 rings (SSSR count). The molecule has 1 amide bonds. The molecule has 0 bridgehead atoms. The average molecular weight is 527 g/mol. The van der Waals surface area contributed by atoms with Crippen molar-refractivity contribution in [1.29, 1.82) is 0 Å². The third-order valence-electron chi connectivity index (χ3n) is 5.18. The predicted octanol–water partition coefficient (Wildman–Crippen LogP) is 1.56. The number of ether oxygens (including phenoxy) is 1. The molecule has 1 N–H and O–H groups in total. The van der Waals surface area contributed by atoms with Gasteiger partial charge in [0.1, 0.15) is 11.6 Å². The van der Waals surface area contributed by atoms with Gasteiger partial charge in [0.2, 0.25) is 5.91 Å². The minimum atomic E-state index is 0. The van der Waals surface area contributed by atoms with Gasteiger partial charge >= 0.3 is 0 Å². The van der Waals surface area contributed by atoms with E-state index in [1.807, 2.05) is 47.7 Å². The first-order chi connectivity index (χ1) is 14.0. The van der Waals surface area contributed by atoms with Gasteiger partial charge in [0, 0.05) is 40.2 Å². The Balaban J connectivity index is 0.00000320. The number of methoxy groups -OCH3 is 1. The van der Waals surface area contributed by atoms with Crippen molar-refractivity contribution < 1.29 is 9.53 Å². The molecular weight excluding hydrogens is 497 g/mol. The number of amides is 1. The summed E-state index contributed by atoms with van der Waals surface area (Å²) in [5.41, 5.74) is 1.10. The van der Waals surface area contributed by atoms with Crippen LogP contribution < -0.4 is 10.1 Å². The fourth-order valence-electron chi connectivity index (χ4n) is 3.16. The molecular formula is C20H30IN7O2. The molecule has 30 heavy (non-hydrogen) atoms. The first-order valence-electron chi connectivity index (χ1n) is 9.74. The summed E-state index contributed by atoms with van der Waals surface area (Å²) in [7, 11) is 3.61. The molecule has 2 aromatic rings. The monoisotopic (exact) mass is 527 g/mol. The first-order valence-corrected chi connectivity index (χ1v) is 9.74. The van der Waals surface area contributed by atoms with E-state index in [1.165, 1.54) is 0 Å². The highest BCUT2D eigenvalue weighted by Gasteiger charge is 2.21. The lowest BCUT2D eigenvalue weighted by atomic mass is 10.2. The number of guanidine groups is 1. The van der Waals surface area contributed by atoms with E-state index in [2.05, 4.69) is 20.4 Å². The number of benzene rings is 1. The minimum absolute atomic E-state index is 0. The van der Waals surface area contributed by atoms with Crippen LogP contribution in [-0.2, 0) is 24.9 Å². The SMILES string of the molecule is COc1ccc(CN=C(NCc2nnc(C)n2C)N2CCN(C(C)=O)CC2)cc1.I. The van der Waals surface area contributed by atoms with Crippen LogP contribution in [-0.4, -0.2) is 69.7 Å². The van der Waals surface area contributed by atoms with Gasteiger partial charge in [0.05, 0.1) is 20.2 Å². The van der Waals surface area contributed by atoms with E-state index in [0.717, 1.165) is 42.0 Å². The van der Waals surface area contributed by atoms with E-state index < -0.39 is 0 Å². The summed E-state index contributed by atoms with van der Waals surface area (Å²) < 4.78 is 7.18. The lowest BCUT2D eigenvalue weighted by Crippen LogP contribution is -2.53. The summed E-state index contributed by atoms with van der Waals surface area (Å²) in [4.78, 5) is 20.5. The highest BCUT2D eigenvalue weighted by Crippen LogP contribution is 2.12. The predicted molar refractivity (Wildman–Crippen MR) is 126 cm³/mol. The van der Waals surface area contributed by atoms with Gasteiger partial charge in [-0.2, -0.15) is 0 Å². The largest absolute Gasteiger partial charge is 0.497 e. The normalized spacial score (nSPS) is 14.3. The number of aliphatic imine (C=N–C) groups is 1. The number of hydrogen-bond acceptors (Lipinski definition) is 5. The van der Waals surface area contributed by atoms with Crippen LogP contribution in [0.5, 0.6) is 5.75 Å². The second-order valence-corrected chi connectivity index (χ2v) is 7.06. The average Bonchev–Trinajstić information content (AvgIpc) is 3.06. The molecule has 0 saturated carbocycles. The highest BCUT2D eigenvalue weighted by molar-refractivity contribution is 14.0. The number of nitrogens with zero attached hydrogens (tertiary/aromatic N) is 6. The number of carbonyl (C=O) groups is 1. The van der Waals surface area contributed by atoms with Gasteiger partial charge in [0.15, 0.2) is 11.8 Å². The van der Waals surface area contributed by atoms with Crippen LogP contribution in [0, 0.1) is 6.92 Å². The maximum Gasteiger partial charge on any atom is 0.219 e. The number of piperazine rings is 1. The third-order valence-corrected chi connectivity index (χ3v) is 5.18. The molecule has 0 unspecified atom stereocenters. The van der Waals surface area contributed by atoms with E-state index in [-0.39, 0.29) is 29.9 Å². The van der Waals surface area contributed by atoms with E-state index in [1.54, 1.807) is 14.0 Å². The zero-order valence-electron chi connectivity index (χ0n) is 18.0. The van der Waals surface area contributed by atoms with E-state index in [4.69, 9.17) is 9.73 Å². The first kappa shape index (κ1) is 23.9. The number of hydrogen-bond donors (Lipinski definition) is 1. The molecule has 9 nitrogen and oxygen atoms in total. The number of aryl methyl sites for hydroxylation is 1. The maximum absolute atomic E-state index is 11.6. The van der Waals surface area contributed by atoms with Crippen molar-refractivity contribution in [2.24, 2.45) is 12.0 Å². The number of aromatic nitrogens is 3.